The van der Waals surface area contributed by atoms with Crippen LogP contribution in [0.15, 0.2) is 176 Å². The van der Waals surface area contributed by atoms with Crippen LogP contribution in [0.25, 0.3) is 64.0 Å². The molecule has 0 fully saturated rings. The maximum absolute atomic E-state index is 2.43. The van der Waals surface area contributed by atoms with E-state index in [0.717, 1.165) is 17.1 Å². The van der Waals surface area contributed by atoms with Gasteiger partial charge in [-0.15, -0.1) is 11.3 Å². The minimum absolute atomic E-state index is 1.12. The Hall–Kier alpha value is -5.70. The molecule has 8 aromatic carbocycles. The van der Waals surface area contributed by atoms with Crippen molar-refractivity contribution in [2.45, 2.75) is 0 Å². The molecule has 0 unspecified atom stereocenters. The number of rotatable bonds is 5. The van der Waals surface area contributed by atoms with Crippen LogP contribution in [0.2, 0.25) is 0 Å². The summed E-state index contributed by atoms with van der Waals surface area (Å²) in [7, 11) is 0. The van der Waals surface area contributed by atoms with Crippen LogP contribution in [0.5, 0.6) is 0 Å². The molecule has 0 aliphatic heterocycles. The maximum atomic E-state index is 2.43. The van der Waals surface area contributed by atoms with Crippen molar-refractivity contribution in [2.24, 2.45) is 0 Å². The number of nitrogens with zero attached hydrogens (tertiary/aromatic N) is 1. The number of benzene rings is 8. The van der Waals surface area contributed by atoms with Crippen molar-refractivity contribution < 1.29 is 0 Å². The van der Waals surface area contributed by atoms with Crippen molar-refractivity contribution in [2.75, 3.05) is 4.90 Å². The minimum Gasteiger partial charge on any atom is -0.310 e. The van der Waals surface area contributed by atoms with Gasteiger partial charge in [-0.05, 0) is 69.2 Å². The van der Waals surface area contributed by atoms with Crippen molar-refractivity contribution in [3.8, 4) is 22.3 Å². The lowest BCUT2D eigenvalue weighted by molar-refractivity contribution is 1.29. The normalized spacial score (nSPS) is 11.5. The highest BCUT2D eigenvalue weighted by Crippen LogP contribution is 2.47. The molecule has 0 saturated heterocycles. The molecule has 1 aromatic heterocycles. The molecule has 0 N–H and O–H groups in total. The average Bonchev–Trinajstić information content (AvgIpc) is 3.51. The second-order valence-electron chi connectivity index (χ2n) is 11.7. The highest BCUT2D eigenvalue weighted by molar-refractivity contribution is 7.26. The number of thiophene rings is 1. The van der Waals surface area contributed by atoms with Crippen molar-refractivity contribution in [1.29, 1.82) is 0 Å². The van der Waals surface area contributed by atoms with Gasteiger partial charge >= 0.3 is 0 Å². The number of fused-ring (bicyclic) bond motifs is 7. The van der Waals surface area contributed by atoms with Crippen LogP contribution >= 0.6 is 11.3 Å². The van der Waals surface area contributed by atoms with E-state index < -0.39 is 0 Å². The topological polar surface area (TPSA) is 3.24 Å². The van der Waals surface area contributed by atoms with Crippen molar-refractivity contribution in [1.82, 2.24) is 0 Å². The molecule has 46 heavy (non-hydrogen) atoms. The molecule has 216 valence electrons. The standard InChI is InChI=1S/C44H29NS/c1-4-13-30(14-5-1)36-20-12-21-40(42(36)32-15-6-2-7-16-32)45(34-17-8-3-9-18-34)35-27-25-31-23-24-33-26-28-38-37-19-10-11-22-41(37)46-44(38)43(33)39(31)29-35/h1-29H. The largest absolute Gasteiger partial charge is 0.310 e. The summed E-state index contributed by atoms with van der Waals surface area (Å²) in [5, 5.41) is 7.77. The van der Waals surface area contributed by atoms with Crippen molar-refractivity contribution in [3.63, 3.8) is 0 Å². The quantitative estimate of drug-likeness (QED) is 0.177. The second-order valence-corrected chi connectivity index (χ2v) is 12.8. The Morgan fingerprint density at radius 1 is 0.413 bits per heavy atom. The zero-order valence-corrected chi connectivity index (χ0v) is 25.9. The van der Waals surface area contributed by atoms with E-state index >= 15 is 0 Å². The van der Waals surface area contributed by atoms with Crippen molar-refractivity contribution in [3.05, 3.63) is 176 Å². The lowest BCUT2D eigenvalue weighted by Gasteiger charge is -2.29. The third-order valence-electron chi connectivity index (χ3n) is 9.03. The molecule has 1 heterocycles. The fourth-order valence-corrected chi connectivity index (χ4v) is 8.22. The molecule has 2 heteroatoms. The van der Waals surface area contributed by atoms with Gasteiger partial charge in [0, 0.05) is 42.5 Å². The molecular formula is C44H29NS. The molecular weight excluding hydrogens is 575 g/mol. The van der Waals surface area contributed by atoms with Gasteiger partial charge in [0.15, 0.2) is 0 Å². The summed E-state index contributed by atoms with van der Waals surface area (Å²) >= 11 is 1.90. The van der Waals surface area contributed by atoms with E-state index in [1.807, 2.05) is 11.3 Å². The minimum atomic E-state index is 1.12. The summed E-state index contributed by atoms with van der Waals surface area (Å²) in [6, 6.07) is 63.8. The summed E-state index contributed by atoms with van der Waals surface area (Å²) in [4.78, 5) is 2.43. The van der Waals surface area contributed by atoms with Crippen LogP contribution in [0.1, 0.15) is 0 Å². The zero-order valence-electron chi connectivity index (χ0n) is 25.1. The van der Waals surface area contributed by atoms with E-state index in [4.69, 9.17) is 0 Å². The van der Waals surface area contributed by atoms with Gasteiger partial charge in [-0.2, -0.15) is 0 Å². The Labute approximate surface area is 272 Å². The van der Waals surface area contributed by atoms with Gasteiger partial charge in [0.05, 0.1) is 5.69 Å². The van der Waals surface area contributed by atoms with Gasteiger partial charge in [-0.3, -0.25) is 0 Å². The summed E-state index contributed by atoms with van der Waals surface area (Å²) in [5.74, 6) is 0. The van der Waals surface area contributed by atoms with E-state index in [0.29, 0.717) is 0 Å². The van der Waals surface area contributed by atoms with Gasteiger partial charge in [0.1, 0.15) is 0 Å². The highest BCUT2D eigenvalue weighted by atomic mass is 32.1. The summed E-state index contributed by atoms with van der Waals surface area (Å²) in [6.45, 7) is 0. The Kier molecular flexibility index (Phi) is 6.40. The second kappa shape index (κ2) is 11.0. The molecule has 0 spiro atoms. The first-order chi connectivity index (χ1) is 22.8. The third-order valence-corrected chi connectivity index (χ3v) is 10.2. The molecule has 0 aliphatic carbocycles. The molecule has 0 atom stereocenters. The maximum Gasteiger partial charge on any atom is 0.0546 e. The first-order valence-corrected chi connectivity index (χ1v) is 16.5. The average molecular weight is 604 g/mol. The summed E-state index contributed by atoms with van der Waals surface area (Å²) < 4.78 is 2.68. The Bertz CT molecular complexity index is 2510. The highest BCUT2D eigenvalue weighted by Gasteiger charge is 2.21. The van der Waals surface area contributed by atoms with Crippen LogP contribution < -0.4 is 4.90 Å². The lowest BCUT2D eigenvalue weighted by Crippen LogP contribution is -2.11. The fraction of sp³-hybridized carbons (Fsp3) is 0. The smallest absolute Gasteiger partial charge is 0.0546 e. The Morgan fingerprint density at radius 3 is 1.87 bits per heavy atom. The molecule has 9 aromatic rings. The van der Waals surface area contributed by atoms with Crippen molar-refractivity contribution >= 4 is 70.1 Å². The number of hydrogen-bond acceptors (Lipinski definition) is 2. The number of anilines is 3. The van der Waals surface area contributed by atoms with Gasteiger partial charge in [0.25, 0.3) is 0 Å². The summed E-state index contributed by atoms with van der Waals surface area (Å²) in [6.07, 6.45) is 0. The monoisotopic (exact) mass is 603 g/mol. The van der Waals surface area contributed by atoms with Crippen LogP contribution in [0, 0.1) is 0 Å². The van der Waals surface area contributed by atoms with E-state index in [1.165, 1.54) is 64.0 Å². The Morgan fingerprint density at radius 2 is 1.07 bits per heavy atom. The number of hydrogen-bond donors (Lipinski definition) is 0. The van der Waals surface area contributed by atoms with Crippen LogP contribution in [-0.4, -0.2) is 0 Å². The molecule has 1 nitrogen and oxygen atoms in total. The third kappa shape index (κ3) is 4.38. The predicted molar refractivity (Wildman–Crippen MR) is 200 cm³/mol. The van der Waals surface area contributed by atoms with E-state index in [-0.39, 0.29) is 0 Å². The predicted octanol–water partition coefficient (Wildman–Crippen LogP) is 13.2. The van der Waals surface area contributed by atoms with Crippen LogP contribution in [0.4, 0.5) is 17.1 Å². The van der Waals surface area contributed by atoms with Gasteiger partial charge in [-0.1, -0.05) is 140 Å². The fourth-order valence-electron chi connectivity index (χ4n) is 6.94. The van der Waals surface area contributed by atoms with Gasteiger partial charge in [-0.25, -0.2) is 0 Å². The Balaban J connectivity index is 1.35. The van der Waals surface area contributed by atoms with Gasteiger partial charge in [0.2, 0.25) is 0 Å². The first-order valence-electron chi connectivity index (χ1n) is 15.7. The molecule has 0 amide bonds. The molecule has 0 bridgehead atoms. The van der Waals surface area contributed by atoms with Gasteiger partial charge < -0.3 is 4.90 Å². The molecule has 0 radical (unpaired) electrons. The molecule has 9 rings (SSSR count). The zero-order chi connectivity index (χ0) is 30.5. The van der Waals surface area contributed by atoms with Crippen LogP contribution in [-0.2, 0) is 0 Å². The SMILES string of the molecule is c1ccc(-c2cccc(N(c3ccccc3)c3ccc4ccc5ccc6c7ccccc7sc6c5c4c3)c2-c2ccccc2)cc1. The summed E-state index contributed by atoms with van der Waals surface area (Å²) in [5.41, 5.74) is 8.21. The van der Waals surface area contributed by atoms with Crippen LogP contribution in [0.3, 0.4) is 0 Å². The van der Waals surface area contributed by atoms with E-state index in [2.05, 4.69) is 181 Å². The molecule has 0 saturated carbocycles. The van der Waals surface area contributed by atoms with E-state index in [9.17, 15) is 0 Å². The number of para-hydroxylation sites is 1. The molecule has 0 aliphatic rings. The van der Waals surface area contributed by atoms with E-state index in [1.54, 1.807) is 0 Å². The lowest BCUT2D eigenvalue weighted by atomic mass is 9.92. The first kappa shape index (κ1) is 26.7.